The van der Waals surface area contributed by atoms with Gasteiger partial charge < -0.3 is 15.0 Å². The molecule has 0 aliphatic carbocycles. The van der Waals surface area contributed by atoms with Gasteiger partial charge in [0.25, 0.3) is 0 Å². The first-order valence-corrected chi connectivity index (χ1v) is 6.26. The van der Waals surface area contributed by atoms with Crippen molar-refractivity contribution in [2.45, 2.75) is 13.5 Å². The van der Waals surface area contributed by atoms with Crippen molar-refractivity contribution in [1.82, 2.24) is 10.2 Å². The quantitative estimate of drug-likeness (QED) is 0.716. The smallest absolute Gasteiger partial charge is 0.123 e. The van der Waals surface area contributed by atoms with Crippen molar-refractivity contribution in [3.63, 3.8) is 0 Å². The number of benzene rings is 1. The summed E-state index contributed by atoms with van der Waals surface area (Å²) < 4.78 is 17.9. The lowest BCUT2D eigenvalue weighted by Gasteiger charge is -2.16. The minimum atomic E-state index is -0.171. The number of hydrogen-bond donors (Lipinski definition) is 1. The highest BCUT2D eigenvalue weighted by Crippen LogP contribution is 2.09. The third-order valence-corrected chi connectivity index (χ3v) is 2.97. The fraction of sp³-hybridized carbons (Fsp3) is 0.571. The summed E-state index contributed by atoms with van der Waals surface area (Å²) in [6, 6.07) is 4.92. The molecule has 0 saturated heterocycles. The van der Waals surface area contributed by atoms with Crippen molar-refractivity contribution < 1.29 is 9.13 Å². The maximum absolute atomic E-state index is 12.9. The summed E-state index contributed by atoms with van der Waals surface area (Å²) in [4.78, 5) is 2.22. The number of nitrogens with zero attached hydrogens (tertiary/aromatic N) is 1. The maximum Gasteiger partial charge on any atom is 0.123 e. The van der Waals surface area contributed by atoms with Crippen LogP contribution in [0.4, 0.5) is 4.39 Å². The van der Waals surface area contributed by atoms with E-state index in [0.717, 1.165) is 43.9 Å². The molecule has 4 heteroatoms. The lowest BCUT2D eigenvalue weighted by molar-refractivity contribution is 0.161. The Morgan fingerprint density at radius 1 is 1.33 bits per heavy atom. The van der Waals surface area contributed by atoms with Crippen LogP contribution in [0.3, 0.4) is 0 Å². The lowest BCUT2D eigenvalue weighted by atomic mass is 10.1. The van der Waals surface area contributed by atoms with E-state index in [1.165, 1.54) is 6.07 Å². The molecule has 1 aromatic carbocycles. The zero-order valence-electron chi connectivity index (χ0n) is 11.5. The average molecular weight is 254 g/mol. The molecule has 3 nitrogen and oxygen atoms in total. The van der Waals surface area contributed by atoms with Crippen LogP contribution in [0, 0.1) is 12.7 Å². The van der Waals surface area contributed by atoms with Gasteiger partial charge in [-0.25, -0.2) is 4.39 Å². The summed E-state index contributed by atoms with van der Waals surface area (Å²) in [5.74, 6) is -0.171. The van der Waals surface area contributed by atoms with Crippen molar-refractivity contribution >= 4 is 0 Å². The number of halogens is 1. The van der Waals surface area contributed by atoms with Crippen molar-refractivity contribution in [3.05, 3.63) is 35.1 Å². The third kappa shape index (κ3) is 5.58. The molecular weight excluding hydrogens is 231 g/mol. The Balaban J connectivity index is 2.21. The van der Waals surface area contributed by atoms with Crippen LogP contribution in [-0.4, -0.2) is 45.3 Å². The maximum atomic E-state index is 12.9. The van der Waals surface area contributed by atoms with Crippen molar-refractivity contribution in [2.75, 3.05) is 40.4 Å². The van der Waals surface area contributed by atoms with E-state index in [0.29, 0.717) is 0 Å². The molecule has 18 heavy (non-hydrogen) atoms. The van der Waals surface area contributed by atoms with Crippen LogP contribution in [-0.2, 0) is 11.3 Å². The van der Waals surface area contributed by atoms with Gasteiger partial charge in [0.1, 0.15) is 5.82 Å². The summed E-state index contributed by atoms with van der Waals surface area (Å²) in [6.07, 6.45) is 0. The van der Waals surface area contributed by atoms with E-state index < -0.39 is 0 Å². The van der Waals surface area contributed by atoms with Gasteiger partial charge in [-0.3, -0.25) is 0 Å². The molecule has 0 atom stereocenters. The first kappa shape index (κ1) is 15.1. The summed E-state index contributed by atoms with van der Waals surface area (Å²) >= 11 is 0. The van der Waals surface area contributed by atoms with Crippen LogP contribution in [0.5, 0.6) is 0 Å². The first-order chi connectivity index (χ1) is 8.63. The largest absolute Gasteiger partial charge is 0.383 e. The molecule has 1 rings (SSSR count). The van der Waals surface area contributed by atoms with Crippen LogP contribution in [0.1, 0.15) is 11.1 Å². The average Bonchev–Trinajstić information content (AvgIpc) is 2.34. The highest BCUT2D eigenvalue weighted by Gasteiger charge is 2.00. The molecule has 102 valence electrons. The van der Waals surface area contributed by atoms with E-state index in [4.69, 9.17) is 4.74 Å². The van der Waals surface area contributed by atoms with Crippen LogP contribution >= 0.6 is 0 Å². The molecule has 0 heterocycles. The molecule has 0 fully saturated rings. The van der Waals surface area contributed by atoms with E-state index >= 15 is 0 Å². The van der Waals surface area contributed by atoms with Gasteiger partial charge in [0.2, 0.25) is 0 Å². The number of ether oxygens (including phenoxy) is 1. The molecule has 1 N–H and O–H groups in total. The van der Waals surface area contributed by atoms with Gasteiger partial charge >= 0.3 is 0 Å². The highest BCUT2D eigenvalue weighted by molar-refractivity contribution is 5.26. The SMILES string of the molecule is COCCN(C)CCNCc1ccc(F)cc1C. The van der Waals surface area contributed by atoms with Crippen molar-refractivity contribution in [2.24, 2.45) is 0 Å². The second kappa shape index (κ2) is 8.19. The Morgan fingerprint density at radius 2 is 2.11 bits per heavy atom. The van der Waals surface area contributed by atoms with Gasteiger partial charge in [-0.05, 0) is 37.2 Å². The van der Waals surface area contributed by atoms with E-state index in [1.807, 2.05) is 13.0 Å². The minimum absolute atomic E-state index is 0.171. The molecule has 1 aromatic rings. The number of methoxy groups -OCH3 is 1. The molecule has 0 aliphatic rings. The fourth-order valence-corrected chi connectivity index (χ4v) is 1.71. The first-order valence-electron chi connectivity index (χ1n) is 6.26. The van der Waals surface area contributed by atoms with E-state index in [1.54, 1.807) is 13.2 Å². The number of aryl methyl sites for hydroxylation is 1. The van der Waals surface area contributed by atoms with E-state index in [9.17, 15) is 4.39 Å². The topological polar surface area (TPSA) is 24.5 Å². The van der Waals surface area contributed by atoms with Crippen LogP contribution in [0.15, 0.2) is 18.2 Å². The molecule has 0 amide bonds. The molecule has 0 saturated carbocycles. The van der Waals surface area contributed by atoms with Gasteiger partial charge in [0.15, 0.2) is 0 Å². The van der Waals surface area contributed by atoms with Gasteiger partial charge in [-0.15, -0.1) is 0 Å². The van der Waals surface area contributed by atoms with Crippen molar-refractivity contribution in [3.8, 4) is 0 Å². The predicted molar refractivity (Wildman–Crippen MR) is 72.2 cm³/mol. The Bertz CT molecular complexity index is 358. The number of nitrogens with one attached hydrogen (secondary N) is 1. The predicted octanol–water partition coefficient (Wildman–Crippen LogP) is 1.80. The van der Waals surface area contributed by atoms with Crippen molar-refractivity contribution in [1.29, 1.82) is 0 Å². The van der Waals surface area contributed by atoms with Gasteiger partial charge in [0.05, 0.1) is 6.61 Å². The fourth-order valence-electron chi connectivity index (χ4n) is 1.71. The van der Waals surface area contributed by atoms with Gasteiger partial charge in [-0.1, -0.05) is 6.07 Å². The molecule has 0 unspecified atom stereocenters. The molecule has 0 radical (unpaired) electrons. The third-order valence-electron chi connectivity index (χ3n) is 2.97. The Hall–Kier alpha value is -0.970. The highest BCUT2D eigenvalue weighted by atomic mass is 19.1. The monoisotopic (exact) mass is 254 g/mol. The standard InChI is InChI=1S/C14H23FN2O/c1-12-10-14(15)5-4-13(12)11-16-6-7-17(2)8-9-18-3/h4-5,10,16H,6-9,11H2,1-3H3. The zero-order chi connectivity index (χ0) is 13.4. The second-order valence-corrected chi connectivity index (χ2v) is 4.54. The van der Waals surface area contributed by atoms with Crippen LogP contribution in [0.2, 0.25) is 0 Å². The number of hydrogen-bond acceptors (Lipinski definition) is 3. The molecule has 0 aromatic heterocycles. The number of rotatable bonds is 8. The second-order valence-electron chi connectivity index (χ2n) is 4.54. The van der Waals surface area contributed by atoms with E-state index in [2.05, 4.69) is 17.3 Å². The summed E-state index contributed by atoms with van der Waals surface area (Å²) in [5.41, 5.74) is 2.14. The van der Waals surface area contributed by atoms with Crippen LogP contribution in [0.25, 0.3) is 0 Å². The number of likely N-dealkylation sites (N-methyl/N-ethyl adjacent to an activating group) is 1. The molecule has 0 spiro atoms. The summed E-state index contributed by atoms with van der Waals surface area (Å²) in [7, 11) is 3.78. The Labute approximate surface area is 109 Å². The Morgan fingerprint density at radius 3 is 2.78 bits per heavy atom. The van der Waals surface area contributed by atoms with Gasteiger partial charge in [-0.2, -0.15) is 0 Å². The molecule has 0 bridgehead atoms. The molecular formula is C14H23FN2O. The van der Waals surface area contributed by atoms with Crippen LogP contribution < -0.4 is 5.32 Å². The van der Waals surface area contributed by atoms with Gasteiger partial charge in [0, 0.05) is 33.3 Å². The van der Waals surface area contributed by atoms with E-state index in [-0.39, 0.29) is 5.82 Å². The minimum Gasteiger partial charge on any atom is -0.383 e. The Kier molecular flexibility index (Phi) is 6.86. The normalized spacial score (nSPS) is 11.2. The lowest BCUT2D eigenvalue weighted by Crippen LogP contribution is -2.31. The molecule has 0 aliphatic heterocycles. The zero-order valence-corrected chi connectivity index (χ0v) is 11.5. The summed E-state index contributed by atoms with van der Waals surface area (Å²) in [6.45, 7) is 6.30. The summed E-state index contributed by atoms with van der Waals surface area (Å²) in [5, 5.41) is 3.36.